The minimum atomic E-state index is 0.817. The highest BCUT2D eigenvalue weighted by Crippen LogP contribution is 2.13. The Labute approximate surface area is 79.3 Å². The van der Waals surface area contributed by atoms with Crippen LogP contribution >= 0.6 is 23.5 Å². The third-order valence-corrected chi connectivity index (χ3v) is 3.24. The zero-order valence-electron chi connectivity index (χ0n) is 7.96. The molecule has 0 spiro atoms. The molecule has 0 saturated heterocycles. The van der Waals surface area contributed by atoms with Gasteiger partial charge in [0.1, 0.15) is 0 Å². The van der Waals surface area contributed by atoms with Gasteiger partial charge in [0.05, 0.1) is 0 Å². The van der Waals surface area contributed by atoms with Gasteiger partial charge in [-0.25, -0.2) is 0 Å². The maximum absolute atomic E-state index is 2.27. The molecule has 0 aromatic carbocycles. The van der Waals surface area contributed by atoms with Crippen molar-refractivity contribution in [2.45, 2.75) is 11.7 Å². The van der Waals surface area contributed by atoms with Gasteiger partial charge in [0.2, 0.25) is 0 Å². The Balaban J connectivity index is 3.41. The lowest BCUT2D eigenvalue weighted by Crippen LogP contribution is -2.23. The van der Waals surface area contributed by atoms with E-state index in [0.717, 1.165) is 5.25 Å². The van der Waals surface area contributed by atoms with Gasteiger partial charge in [-0.1, -0.05) is 0 Å². The van der Waals surface area contributed by atoms with Crippen LogP contribution in [-0.2, 0) is 0 Å². The second kappa shape index (κ2) is 7.32. The van der Waals surface area contributed by atoms with E-state index in [1.807, 2.05) is 23.5 Å². The first-order valence-corrected chi connectivity index (χ1v) is 6.55. The Morgan fingerprint density at radius 2 is 1.91 bits per heavy atom. The summed E-state index contributed by atoms with van der Waals surface area (Å²) in [5.74, 6) is 1.29. The second-order valence-electron chi connectivity index (χ2n) is 2.90. The van der Waals surface area contributed by atoms with Gasteiger partial charge in [-0.2, -0.15) is 23.5 Å². The van der Waals surface area contributed by atoms with E-state index in [1.165, 1.54) is 18.7 Å². The van der Waals surface area contributed by atoms with Crippen LogP contribution in [0.2, 0.25) is 0 Å². The lowest BCUT2D eigenvalue weighted by atomic mass is 10.3. The molecule has 0 aliphatic rings. The third kappa shape index (κ3) is 7.04. The van der Waals surface area contributed by atoms with E-state index < -0.39 is 0 Å². The maximum atomic E-state index is 2.27. The molecule has 1 nitrogen and oxygen atoms in total. The Morgan fingerprint density at radius 3 is 2.27 bits per heavy atom. The molecular formula is C8H19NS2. The smallest absolute Gasteiger partial charge is 0.0179 e. The molecule has 0 amide bonds. The molecule has 0 fully saturated rings. The third-order valence-electron chi connectivity index (χ3n) is 1.55. The summed E-state index contributed by atoms with van der Waals surface area (Å²) in [7, 11) is 4.28. The normalized spacial score (nSPS) is 13.9. The van der Waals surface area contributed by atoms with E-state index in [-0.39, 0.29) is 0 Å². The molecule has 0 radical (unpaired) electrons. The van der Waals surface area contributed by atoms with Gasteiger partial charge in [0, 0.05) is 11.8 Å². The van der Waals surface area contributed by atoms with E-state index in [2.05, 4.69) is 31.5 Å². The average Bonchev–Trinajstić information content (AvgIpc) is 1.97. The molecule has 0 rings (SSSR count). The van der Waals surface area contributed by atoms with Crippen molar-refractivity contribution in [3.63, 3.8) is 0 Å². The first-order valence-electron chi connectivity index (χ1n) is 3.87. The Bertz CT molecular complexity index is 86.2. The molecule has 0 aliphatic heterocycles. The summed E-state index contributed by atoms with van der Waals surface area (Å²) in [6, 6.07) is 0. The van der Waals surface area contributed by atoms with Crippen LogP contribution in [0.15, 0.2) is 0 Å². The van der Waals surface area contributed by atoms with Crippen LogP contribution in [0.25, 0.3) is 0 Å². The Hall–Kier alpha value is 0.660. The molecule has 0 aromatic heterocycles. The summed E-state index contributed by atoms with van der Waals surface area (Å²) in [5.41, 5.74) is 0. The predicted molar refractivity (Wildman–Crippen MR) is 58.9 cm³/mol. The second-order valence-corrected chi connectivity index (χ2v) is 5.03. The SMILES string of the molecule is CSCCC(CN(C)C)SC. The van der Waals surface area contributed by atoms with Crippen molar-refractivity contribution in [3.8, 4) is 0 Å². The number of hydrogen-bond acceptors (Lipinski definition) is 3. The summed E-state index contributed by atoms with van der Waals surface area (Å²) < 4.78 is 0. The van der Waals surface area contributed by atoms with E-state index in [4.69, 9.17) is 0 Å². The van der Waals surface area contributed by atoms with Crippen molar-refractivity contribution in [2.75, 3.05) is 38.9 Å². The standard InChI is InChI=1S/C8H19NS2/c1-9(2)7-8(11-4)5-6-10-3/h8H,5-7H2,1-4H3. The highest BCUT2D eigenvalue weighted by molar-refractivity contribution is 7.99. The van der Waals surface area contributed by atoms with Crippen LogP contribution in [0.1, 0.15) is 6.42 Å². The zero-order valence-corrected chi connectivity index (χ0v) is 9.60. The van der Waals surface area contributed by atoms with Crippen molar-refractivity contribution in [1.29, 1.82) is 0 Å². The molecule has 0 aliphatic carbocycles. The first kappa shape index (κ1) is 11.7. The summed E-state index contributed by atoms with van der Waals surface area (Å²) in [6.07, 6.45) is 5.71. The fourth-order valence-electron chi connectivity index (χ4n) is 0.940. The van der Waals surface area contributed by atoms with Crippen LogP contribution in [0, 0.1) is 0 Å². The zero-order chi connectivity index (χ0) is 8.69. The fourth-order valence-corrected chi connectivity index (χ4v) is 2.41. The molecule has 11 heavy (non-hydrogen) atoms. The van der Waals surface area contributed by atoms with E-state index in [0.29, 0.717) is 0 Å². The van der Waals surface area contributed by atoms with Gasteiger partial charge in [0.25, 0.3) is 0 Å². The quantitative estimate of drug-likeness (QED) is 0.635. The molecule has 0 aromatic rings. The van der Waals surface area contributed by atoms with Crippen LogP contribution < -0.4 is 0 Å². The van der Waals surface area contributed by atoms with Crippen LogP contribution in [0.5, 0.6) is 0 Å². The van der Waals surface area contributed by atoms with Crippen molar-refractivity contribution in [1.82, 2.24) is 4.90 Å². The number of thioether (sulfide) groups is 2. The Morgan fingerprint density at radius 1 is 1.27 bits per heavy atom. The number of nitrogens with zero attached hydrogens (tertiary/aromatic N) is 1. The summed E-state index contributed by atoms with van der Waals surface area (Å²) in [6.45, 7) is 1.21. The van der Waals surface area contributed by atoms with Gasteiger partial charge in [-0.3, -0.25) is 0 Å². The lowest BCUT2D eigenvalue weighted by Gasteiger charge is -2.18. The van der Waals surface area contributed by atoms with Crippen molar-refractivity contribution in [2.24, 2.45) is 0 Å². The summed E-state index contributed by atoms with van der Waals surface area (Å²) >= 11 is 3.92. The van der Waals surface area contributed by atoms with Crippen molar-refractivity contribution in [3.05, 3.63) is 0 Å². The number of hydrogen-bond donors (Lipinski definition) is 0. The molecule has 3 heteroatoms. The van der Waals surface area contributed by atoms with Crippen molar-refractivity contribution < 1.29 is 0 Å². The van der Waals surface area contributed by atoms with Crippen LogP contribution in [-0.4, -0.2) is 49.1 Å². The van der Waals surface area contributed by atoms with Gasteiger partial charge in [-0.05, 0) is 38.8 Å². The van der Waals surface area contributed by atoms with E-state index in [9.17, 15) is 0 Å². The molecule has 0 saturated carbocycles. The topological polar surface area (TPSA) is 3.24 Å². The average molecular weight is 193 g/mol. The molecule has 68 valence electrons. The fraction of sp³-hybridized carbons (Fsp3) is 1.00. The summed E-state index contributed by atoms with van der Waals surface area (Å²) in [5, 5.41) is 0.817. The van der Waals surface area contributed by atoms with Crippen molar-refractivity contribution >= 4 is 23.5 Å². The predicted octanol–water partition coefficient (Wildman–Crippen LogP) is 2.03. The number of rotatable bonds is 6. The minimum absolute atomic E-state index is 0.817. The van der Waals surface area contributed by atoms with E-state index >= 15 is 0 Å². The van der Waals surface area contributed by atoms with Crippen LogP contribution in [0.4, 0.5) is 0 Å². The molecule has 0 N–H and O–H groups in total. The van der Waals surface area contributed by atoms with E-state index in [1.54, 1.807) is 0 Å². The first-order chi connectivity index (χ1) is 5.20. The molecular weight excluding hydrogens is 174 g/mol. The summed E-state index contributed by atoms with van der Waals surface area (Å²) in [4.78, 5) is 2.27. The van der Waals surface area contributed by atoms with Gasteiger partial charge in [0.15, 0.2) is 0 Å². The highest BCUT2D eigenvalue weighted by Gasteiger charge is 2.06. The molecule has 1 atom stereocenters. The largest absolute Gasteiger partial charge is 0.308 e. The van der Waals surface area contributed by atoms with Gasteiger partial charge < -0.3 is 4.90 Å². The Kier molecular flexibility index (Phi) is 7.76. The minimum Gasteiger partial charge on any atom is -0.308 e. The highest BCUT2D eigenvalue weighted by atomic mass is 32.2. The van der Waals surface area contributed by atoms with Gasteiger partial charge in [-0.15, -0.1) is 0 Å². The monoisotopic (exact) mass is 193 g/mol. The van der Waals surface area contributed by atoms with Gasteiger partial charge >= 0.3 is 0 Å². The van der Waals surface area contributed by atoms with Crippen LogP contribution in [0.3, 0.4) is 0 Å². The molecule has 1 unspecified atom stereocenters. The lowest BCUT2D eigenvalue weighted by molar-refractivity contribution is 0.405. The maximum Gasteiger partial charge on any atom is 0.0179 e. The molecule has 0 heterocycles. The molecule has 0 bridgehead atoms.